The maximum atomic E-state index is 12.2. The topological polar surface area (TPSA) is 45.7 Å². The minimum Gasteiger partial charge on any atom is -0.444 e. The zero-order chi connectivity index (χ0) is 18.0. The largest absolute Gasteiger partial charge is 0.444 e. The Morgan fingerprint density at radius 1 is 1.32 bits per heavy atom. The Morgan fingerprint density at radius 2 is 2.00 bits per heavy atom. The lowest BCUT2D eigenvalue weighted by atomic mass is 9.96. The molecule has 0 bridgehead atoms. The van der Waals surface area contributed by atoms with Crippen molar-refractivity contribution in [3.8, 4) is 0 Å². The molecule has 1 fully saturated rings. The van der Waals surface area contributed by atoms with Gasteiger partial charge in [-0.3, -0.25) is 0 Å². The fourth-order valence-corrected chi connectivity index (χ4v) is 4.07. The highest BCUT2D eigenvalue weighted by Gasteiger charge is 2.27. The van der Waals surface area contributed by atoms with E-state index < -0.39 is 5.60 Å². The molecule has 0 unspecified atom stereocenters. The summed E-state index contributed by atoms with van der Waals surface area (Å²) in [5.41, 5.74) is -0.431. The third-order valence-electron chi connectivity index (χ3n) is 4.52. The van der Waals surface area contributed by atoms with Crippen molar-refractivity contribution >= 4 is 33.5 Å². The molecule has 6 heteroatoms. The molecule has 0 N–H and O–H groups in total. The first-order valence-electron chi connectivity index (χ1n) is 8.87. The Morgan fingerprint density at radius 3 is 2.68 bits per heavy atom. The van der Waals surface area contributed by atoms with E-state index in [0.717, 1.165) is 38.3 Å². The molecule has 1 aliphatic rings. The van der Waals surface area contributed by atoms with Gasteiger partial charge in [-0.25, -0.2) is 4.79 Å². The van der Waals surface area contributed by atoms with Crippen LogP contribution in [-0.2, 0) is 4.74 Å². The van der Waals surface area contributed by atoms with E-state index in [4.69, 9.17) is 4.74 Å². The molecule has 1 saturated heterocycles. The lowest BCUT2D eigenvalue weighted by Crippen LogP contribution is -2.43. The number of benzene rings is 1. The lowest BCUT2D eigenvalue weighted by molar-refractivity contribution is 0.0186. The SMILES string of the molecule is CN(CC1CCN(C(=O)OC(C)(C)C)CC1)c1nsc2ccccc12. The Kier molecular flexibility index (Phi) is 5.18. The summed E-state index contributed by atoms with van der Waals surface area (Å²) >= 11 is 1.55. The van der Waals surface area contributed by atoms with Gasteiger partial charge in [-0.05, 0) is 63.2 Å². The maximum absolute atomic E-state index is 12.2. The summed E-state index contributed by atoms with van der Waals surface area (Å²) in [4.78, 5) is 16.3. The molecule has 136 valence electrons. The molecular weight excluding hydrogens is 334 g/mol. The number of hydrogen-bond donors (Lipinski definition) is 0. The van der Waals surface area contributed by atoms with Crippen molar-refractivity contribution < 1.29 is 9.53 Å². The van der Waals surface area contributed by atoms with Gasteiger partial charge < -0.3 is 14.5 Å². The Bertz CT molecular complexity index is 730. The van der Waals surface area contributed by atoms with Gasteiger partial charge in [0, 0.05) is 32.1 Å². The molecule has 0 aliphatic carbocycles. The number of nitrogens with zero attached hydrogens (tertiary/aromatic N) is 3. The standard InChI is InChI=1S/C19H27N3O2S/c1-19(2,3)24-18(23)22-11-9-14(10-12-22)13-21(4)17-15-7-5-6-8-16(15)25-20-17/h5-8,14H,9-13H2,1-4H3. The van der Waals surface area contributed by atoms with Crippen LogP contribution in [-0.4, -0.2) is 47.6 Å². The van der Waals surface area contributed by atoms with Crippen molar-refractivity contribution in [2.75, 3.05) is 31.6 Å². The highest BCUT2D eigenvalue weighted by atomic mass is 32.1. The monoisotopic (exact) mass is 361 g/mol. The minimum absolute atomic E-state index is 0.190. The normalized spacial score (nSPS) is 16.2. The molecule has 0 spiro atoms. The van der Waals surface area contributed by atoms with Crippen molar-refractivity contribution in [2.45, 2.75) is 39.2 Å². The number of amides is 1. The van der Waals surface area contributed by atoms with Gasteiger partial charge in [0.15, 0.2) is 0 Å². The first-order valence-corrected chi connectivity index (χ1v) is 9.64. The molecular formula is C19H27N3O2S. The molecule has 2 heterocycles. The number of carbonyl (C=O) groups excluding carboxylic acids is 1. The molecule has 5 nitrogen and oxygen atoms in total. The van der Waals surface area contributed by atoms with Gasteiger partial charge in [0.2, 0.25) is 0 Å². The van der Waals surface area contributed by atoms with Crippen LogP contribution < -0.4 is 4.90 Å². The molecule has 0 radical (unpaired) electrons. The predicted molar refractivity (Wildman–Crippen MR) is 103 cm³/mol. The summed E-state index contributed by atoms with van der Waals surface area (Å²) in [5, 5.41) is 1.22. The zero-order valence-electron chi connectivity index (χ0n) is 15.5. The van der Waals surface area contributed by atoms with Gasteiger partial charge in [0.25, 0.3) is 0 Å². The Labute approximate surface area is 153 Å². The third-order valence-corrected chi connectivity index (χ3v) is 5.34. The summed E-state index contributed by atoms with van der Waals surface area (Å²) in [6.45, 7) is 8.23. The Balaban J connectivity index is 1.54. The molecule has 0 saturated carbocycles. The Hall–Kier alpha value is -1.82. The fraction of sp³-hybridized carbons (Fsp3) is 0.579. The van der Waals surface area contributed by atoms with Crippen molar-refractivity contribution in [3.63, 3.8) is 0 Å². The number of aromatic nitrogens is 1. The third kappa shape index (κ3) is 4.42. The van der Waals surface area contributed by atoms with E-state index in [-0.39, 0.29) is 6.09 Å². The van der Waals surface area contributed by atoms with Crippen LogP contribution in [0.3, 0.4) is 0 Å². The van der Waals surface area contributed by atoms with E-state index in [1.54, 1.807) is 11.5 Å². The summed E-state index contributed by atoms with van der Waals surface area (Å²) in [5.74, 6) is 1.64. The molecule has 3 rings (SSSR count). The van der Waals surface area contributed by atoms with Crippen molar-refractivity contribution in [3.05, 3.63) is 24.3 Å². The predicted octanol–water partition coefficient (Wildman–Crippen LogP) is 4.38. The lowest BCUT2D eigenvalue weighted by Gasteiger charge is -2.35. The second-order valence-corrected chi connectivity index (χ2v) is 8.60. The summed E-state index contributed by atoms with van der Waals surface area (Å²) in [7, 11) is 2.11. The number of rotatable bonds is 3. The van der Waals surface area contributed by atoms with Gasteiger partial charge in [-0.2, -0.15) is 4.37 Å². The van der Waals surface area contributed by atoms with Gasteiger partial charge in [0.05, 0.1) is 4.70 Å². The van der Waals surface area contributed by atoms with Crippen molar-refractivity contribution in [2.24, 2.45) is 5.92 Å². The summed E-state index contributed by atoms with van der Waals surface area (Å²) < 4.78 is 11.3. The van der Waals surface area contributed by atoms with E-state index in [2.05, 4.69) is 40.6 Å². The quantitative estimate of drug-likeness (QED) is 0.814. The van der Waals surface area contributed by atoms with Crippen molar-refractivity contribution in [1.29, 1.82) is 0 Å². The number of anilines is 1. The molecule has 1 aromatic heterocycles. The van der Waals surface area contributed by atoms with Crippen LogP contribution in [0.15, 0.2) is 24.3 Å². The number of hydrogen-bond acceptors (Lipinski definition) is 5. The maximum Gasteiger partial charge on any atom is 0.410 e. The van der Waals surface area contributed by atoms with Gasteiger partial charge in [-0.15, -0.1) is 0 Å². The molecule has 0 atom stereocenters. The number of likely N-dealkylation sites (tertiary alicyclic amines) is 1. The highest BCUT2D eigenvalue weighted by molar-refractivity contribution is 7.13. The highest BCUT2D eigenvalue weighted by Crippen LogP contribution is 2.30. The van der Waals surface area contributed by atoms with Gasteiger partial charge >= 0.3 is 6.09 Å². The van der Waals surface area contributed by atoms with Gasteiger partial charge in [0.1, 0.15) is 11.4 Å². The summed E-state index contributed by atoms with van der Waals surface area (Å²) in [6, 6.07) is 8.36. The summed E-state index contributed by atoms with van der Waals surface area (Å²) in [6.07, 6.45) is 1.82. The van der Waals surface area contributed by atoms with E-state index in [1.165, 1.54) is 10.1 Å². The number of carbonyl (C=O) groups is 1. The van der Waals surface area contributed by atoms with Gasteiger partial charge in [-0.1, -0.05) is 12.1 Å². The van der Waals surface area contributed by atoms with E-state index >= 15 is 0 Å². The number of fused-ring (bicyclic) bond motifs is 1. The van der Waals surface area contributed by atoms with E-state index in [0.29, 0.717) is 5.92 Å². The second-order valence-electron chi connectivity index (χ2n) is 7.79. The fourth-order valence-electron chi connectivity index (χ4n) is 3.25. The van der Waals surface area contributed by atoms with Crippen LogP contribution in [0.4, 0.5) is 10.6 Å². The molecule has 25 heavy (non-hydrogen) atoms. The molecule has 2 aromatic rings. The smallest absolute Gasteiger partial charge is 0.410 e. The van der Waals surface area contributed by atoms with Crippen LogP contribution in [0.1, 0.15) is 33.6 Å². The first kappa shape index (κ1) is 18.0. The minimum atomic E-state index is -0.431. The average Bonchev–Trinajstić information content (AvgIpc) is 2.98. The number of ether oxygens (including phenoxy) is 1. The zero-order valence-corrected chi connectivity index (χ0v) is 16.3. The molecule has 1 aromatic carbocycles. The molecule has 1 amide bonds. The van der Waals surface area contributed by atoms with E-state index in [9.17, 15) is 4.79 Å². The first-order chi connectivity index (χ1) is 11.8. The van der Waals surface area contributed by atoms with Crippen LogP contribution in [0.25, 0.3) is 10.1 Å². The van der Waals surface area contributed by atoms with Crippen LogP contribution in [0.5, 0.6) is 0 Å². The second kappa shape index (κ2) is 7.20. The van der Waals surface area contributed by atoms with Crippen LogP contribution in [0.2, 0.25) is 0 Å². The van der Waals surface area contributed by atoms with Crippen LogP contribution in [0, 0.1) is 5.92 Å². The van der Waals surface area contributed by atoms with E-state index in [1.807, 2.05) is 25.7 Å². The van der Waals surface area contributed by atoms with Crippen molar-refractivity contribution in [1.82, 2.24) is 9.27 Å². The van der Waals surface area contributed by atoms with Crippen LogP contribution >= 0.6 is 11.5 Å². The number of piperidine rings is 1. The molecule has 1 aliphatic heterocycles. The average molecular weight is 362 g/mol.